The van der Waals surface area contributed by atoms with Crippen LogP contribution in [0.1, 0.15) is 58.2 Å². The maximum atomic E-state index is 5.57. The first-order valence-corrected chi connectivity index (χ1v) is 8.55. The van der Waals surface area contributed by atoms with Gasteiger partial charge in [0.15, 0.2) is 0 Å². The minimum absolute atomic E-state index is 0.321. The summed E-state index contributed by atoms with van der Waals surface area (Å²) in [5.41, 5.74) is 1.56. The monoisotopic (exact) mass is 293 g/mol. The van der Waals surface area contributed by atoms with Crippen molar-refractivity contribution in [3.05, 3.63) is 18.0 Å². The van der Waals surface area contributed by atoms with Crippen molar-refractivity contribution in [2.24, 2.45) is 5.41 Å². The zero-order valence-electron chi connectivity index (χ0n) is 13.9. The van der Waals surface area contributed by atoms with Crippen LogP contribution in [0, 0.1) is 5.41 Å². The van der Waals surface area contributed by atoms with E-state index in [-0.39, 0.29) is 0 Å². The number of ether oxygens (including phenoxy) is 1. The van der Waals surface area contributed by atoms with Gasteiger partial charge in [0.2, 0.25) is 0 Å². The van der Waals surface area contributed by atoms with E-state index in [4.69, 9.17) is 9.84 Å². The average Bonchev–Trinajstić information content (AvgIpc) is 2.95. The molecule has 0 atom stereocenters. The number of aromatic nitrogens is 2. The molecule has 1 aromatic rings. The summed E-state index contributed by atoms with van der Waals surface area (Å²) in [6, 6.07) is 2.75. The summed E-state index contributed by atoms with van der Waals surface area (Å²) in [7, 11) is 0. The fourth-order valence-corrected chi connectivity index (χ4v) is 3.33. The molecule has 0 unspecified atom stereocenters. The molecule has 120 valence electrons. The summed E-state index contributed by atoms with van der Waals surface area (Å²) in [4.78, 5) is 0. The molecule has 1 aliphatic rings. The molecule has 2 rings (SSSR count). The van der Waals surface area contributed by atoms with Crippen molar-refractivity contribution in [2.45, 2.75) is 58.9 Å². The zero-order chi connectivity index (χ0) is 15.1. The zero-order valence-corrected chi connectivity index (χ0v) is 13.9. The Morgan fingerprint density at radius 3 is 2.62 bits per heavy atom. The molecule has 0 radical (unpaired) electrons. The Morgan fingerprint density at radius 1 is 1.29 bits per heavy atom. The molecule has 0 bridgehead atoms. The molecule has 1 aliphatic heterocycles. The first kappa shape index (κ1) is 16.5. The fourth-order valence-electron chi connectivity index (χ4n) is 3.33. The Morgan fingerprint density at radius 2 is 2.00 bits per heavy atom. The van der Waals surface area contributed by atoms with Crippen LogP contribution in [-0.2, 0) is 11.2 Å². The Bertz CT molecular complexity index is 406. The number of nitrogens with one attached hydrogen (secondary N) is 1. The number of nitrogens with zero attached hydrogens (tertiary/aromatic N) is 2. The van der Waals surface area contributed by atoms with Gasteiger partial charge in [-0.15, -0.1) is 0 Å². The van der Waals surface area contributed by atoms with Crippen LogP contribution in [0.3, 0.4) is 0 Å². The van der Waals surface area contributed by atoms with E-state index >= 15 is 0 Å². The smallest absolute Gasteiger partial charge is 0.0630 e. The fraction of sp³-hybridized carbons (Fsp3) is 0.824. The van der Waals surface area contributed by atoms with Gasteiger partial charge in [0.1, 0.15) is 0 Å². The summed E-state index contributed by atoms with van der Waals surface area (Å²) >= 11 is 0. The summed E-state index contributed by atoms with van der Waals surface area (Å²) in [6.45, 7) is 10.5. The van der Waals surface area contributed by atoms with E-state index in [9.17, 15) is 0 Å². The van der Waals surface area contributed by atoms with Crippen LogP contribution in [0.5, 0.6) is 0 Å². The van der Waals surface area contributed by atoms with Crippen LogP contribution in [0.4, 0.5) is 0 Å². The summed E-state index contributed by atoms with van der Waals surface area (Å²) < 4.78 is 7.73. The first-order valence-electron chi connectivity index (χ1n) is 8.55. The van der Waals surface area contributed by atoms with E-state index in [0.717, 1.165) is 58.4 Å². The van der Waals surface area contributed by atoms with Gasteiger partial charge in [0.05, 0.1) is 11.7 Å². The van der Waals surface area contributed by atoms with E-state index in [2.05, 4.69) is 43.0 Å². The largest absolute Gasteiger partial charge is 0.381 e. The van der Waals surface area contributed by atoms with E-state index < -0.39 is 0 Å². The maximum Gasteiger partial charge on any atom is 0.0630 e. The van der Waals surface area contributed by atoms with Crippen LogP contribution in [0.25, 0.3) is 0 Å². The van der Waals surface area contributed by atoms with Gasteiger partial charge in [0.25, 0.3) is 0 Å². The van der Waals surface area contributed by atoms with E-state index in [1.54, 1.807) is 0 Å². The third-order valence-electron chi connectivity index (χ3n) is 4.84. The highest BCUT2D eigenvalue weighted by Crippen LogP contribution is 2.33. The molecule has 0 amide bonds. The predicted octanol–water partition coefficient (Wildman–Crippen LogP) is 3.19. The van der Waals surface area contributed by atoms with Crippen molar-refractivity contribution in [2.75, 3.05) is 26.3 Å². The highest BCUT2D eigenvalue weighted by Gasteiger charge is 2.33. The second kappa shape index (κ2) is 7.95. The van der Waals surface area contributed by atoms with Crippen LogP contribution >= 0.6 is 0 Å². The number of hydrogen-bond donors (Lipinski definition) is 1. The minimum Gasteiger partial charge on any atom is -0.381 e. The van der Waals surface area contributed by atoms with Crippen molar-refractivity contribution in [1.29, 1.82) is 0 Å². The minimum atomic E-state index is 0.321. The molecule has 2 heterocycles. The van der Waals surface area contributed by atoms with Gasteiger partial charge in [-0.3, -0.25) is 4.68 Å². The Labute approximate surface area is 129 Å². The van der Waals surface area contributed by atoms with Gasteiger partial charge in [0, 0.05) is 26.0 Å². The lowest BCUT2D eigenvalue weighted by atomic mass is 9.76. The topological polar surface area (TPSA) is 39.1 Å². The van der Waals surface area contributed by atoms with Gasteiger partial charge >= 0.3 is 0 Å². The van der Waals surface area contributed by atoms with Crippen molar-refractivity contribution in [3.63, 3.8) is 0 Å². The first-order chi connectivity index (χ1) is 10.2. The quantitative estimate of drug-likeness (QED) is 0.800. The van der Waals surface area contributed by atoms with Crippen LogP contribution in [-0.4, -0.2) is 36.1 Å². The normalized spacial score (nSPS) is 18.3. The molecule has 4 heteroatoms. The van der Waals surface area contributed by atoms with E-state index in [1.165, 1.54) is 5.69 Å². The van der Waals surface area contributed by atoms with Crippen molar-refractivity contribution in [1.82, 2.24) is 15.1 Å². The third-order valence-corrected chi connectivity index (χ3v) is 4.84. The van der Waals surface area contributed by atoms with Crippen molar-refractivity contribution >= 4 is 0 Å². The van der Waals surface area contributed by atoms with Crippen molar-refractivity contribution in [3.8, 4) is 0 Å². The number of rotatable bonds is 8. The summed E-state index contributed by atoms with van der Waals surface area (Å²) in [6.07, 6.45) is 7.79. The van der Waals surface area contributed by atoms with Gasteiger partial charge in [-0.1, -0.05) is 20.8 Å². The highest BCUT2D eigenvalue weighted by molar-refractivity contribution is 5.05. The molecule has 0 saturated carbocycles. The van der Waals surface area contributed by atoms with Crippen LogP contribution in [0.15, 0.2) is 12.3 Å². The molecule has 0 aromatic carbocycles. The van der Waals surface area contributed by atoms with Gasteiger partial charge < -0.3 is 10.1 Å². The maximum absolute atomic E-state index is 5.57. The molecule has 4 nitrogen and oxygen atoms in total. The van der Waals surface area contributed by atoms with E-state index in [0.29, 0.717) is 11.5 Å². The molecule has 1 saturated heterocycles. The Balaban J connectivity index is 2.06. The molecule has 0 spiro atoms. The molecular weight excluding hydrogens is 262 g/mol. The molecule has 1 fully saturated rings. The molecule has 0 aliphatic carbocycles. The van der Waals surface area contributed by atoms with Gasteiger partial charge in [-0.2, -0.15) is 5.10 Å². The molecule has 1 N–H and O–H groups in total. The second-order valence-electron chi connectivity index (χ2n) is 6.33. The van der Waals surface area contributed by atoms with Crippen LogP contribution < -0.4 is 5.32 Å². The van der Waals surface area contributed by atoms with Crippen LogP contribution in [0.2, 0.25) is 0 Å². The van der Waals surface area contributed by atoms with Gasteiger partial charge in [-0.05, 0) is 50.1 Å². The summed E-state index contributed by atoms with van der Waals surface area (Å²) in [5.74, 6) is 0. The second-order valence-corrected chi connectivity index (χ2v) is 6.33. The standard InChI is InChI=1S/C17H31N3O/c1-4-16(5-2)20-10-7-15(19-20)13-17(14-18-6-3)8-11-21-12-9-17/h7,10,16,18H,4-6,8-9,11-14H2,1-3H3. The van der Waals surface area contributed by atoms with Gasteiger partial charge in [-0.25, -0.2) is 0 Å². The molecular formula is C17H31N3O. The lowest BCUT2D eigenvalue weighted by Gasteiger charge is -2.37. The molecule has 1 aromatic heterocycles. The number of hydrogen-bond acceptors (Lipinski definition) is 3. The highest BCUT2D eigenvalue weighted by atomic mass is 16.5. The summed E-state index contributed by atoms with van der Waals surface area (Å²) in [5, 5.41) is 8.39. The van der Waals surface area contributed by atoms with E-state index in [1.807, 2.05) is 0 Å². The van der Waals surface area contributed by atoms with Crippen molar-refractivity contribution < 1.29 is 4.74 Å². The third kappa shape index (κ3) is 4.30. The Hall–Kier alpha value is -0.870. The lowest BCUT2D eigenvalue weighted by Crippen LogP contribution is -2.41. The lowest BCUT2D eigenvalue weighted by molar-refractivity contribution is 0.0146. The predicted molar refractivity (Wildman–Crippen MR) is 86.6 cm³/mol. The average molecular weight is 293 g/mol. The Kier molecular flexibility index (Phi) is 6.24. The molecule has 21 heavy (non-hydrogen) atoms. The SMILES string of the molecule is CCNCC1(Cc2ccn(C(CC)CC)n2)CCOCC1.